The molecule has 2 rings (SSSR count). The summed E-state index contributed by atoms with van der Waals surface area (Å²) in [5.74, 6) is 0. The standard InChI is InChI=1S/C15H23N3O2/c1-11(2)17(10-13-5-4-8-16-13)14-7-6-12(3)15(9-14)18(19)20/h6-7,9,11,13,16H,4-5,8,10H2,1-3H3. The van der Waals surface area contributed by atoms with Crippen LogP contribution in [0.3, 0.4) is 0 Å². The fraction of sp³-hybridized carbons (Fsp3) is 0.600. The van der Waals surface area contributed by atoms with Crippen LogP contribution in [0, 0.1) is 17.0 Å². The summed E-state index contributed by atoms with van der Waals surface area (Å²) in [4.78, 5) is 13.0. The number of hydrogen-bond donors (Lipinski definition) is 1. The van der Waals surface area contributed by atoms with Gasteiger partial charge in [-0.3, -0.25) is 10.1 Å². The lowest BCUT2D eigenvalue weighted by Gasteiger charge is -2.31. The molecular formula is C15H23N3O2. The summed E-state index contributed by atoms with van der Waals surface area (Å²) < 4.78 is 0. The van der Waals surface area contributed by atoms with Crippen molar-refractivity contribution >= 4 is 11.4 Å². The van der Waals surface area contributed by atoms with Crippen LogP contribution in [-0.2, 0) is 0 Å². The summed E-state index contributed by atoms with van der Waals surface area (Å²) in [5.41, 5.74) is 1.85. The molecular weight excluding hydrogens is 254 g/mol. The highest BCUT2D eigenvalue weighted by atomic mass is 16.6. The van der Waals surface area contributed by atoms with Crippen molar-refractivity contribution < 1.29 is 4.92 Å². The van der Waals surface area contributed by atoms with Crippen LogP contribution in [0.4, 0.5) is 11.4 Å². The number of nitro benzene ring substituents is 1. The Morgan fingerprint density at radius 1 is 1.50 bits per heavy atom. The third-order valence-corrected chi connectivity index (χ3v) is 3.92. The molecule has 110 valence electrons. The van der Waals surface area contributed by atoms with Gasteiger partial charge in [-0.2, -0.15) is 0 Å². The zero-order valence-electron chi connectivity index (χ0n) is 12.4. The van der Waals surface area contributed by atoms with Crippen LogP contribution in [-0.4, -0.2) is 30.1 Å². The Kier molecular flexibility index (Phi) is 4.60. The van der Waals surface area contributed by atoms with Gasteiger partial charge >= 0.3 is 0 Å². The normalized spacial score (nSPS) is 18.5. The number of rotatable bonds is 5. The van der Waals surface area contributed by atoms with Crippen molar-refractivity contribution in [2.24, 2.45) is 0 Å². The number of aryl methyl sites for hydroxylation is 1. The molecule has 0 aliphatic carbocycles. The van der Waals surface area contributed by atoms with Gasteiger partial charge in [0.2, 0.25) is 0 Å². The molecule has 1 atom stereocenters. The number of anilines is 1. The van der Waals surface area contributed by atoms with E-state index >= 15 is 0 Å². The maximum atomic E-state index is 11.1. The summed E-state index contributed by atoms with van der Waals surface area (Å²) in [6.07, 6.45) is 2.39. The quantitative estimate of drug-likeness (QED) is 0.664. The van der Waals surface area contributed by atoms with Crippen LogP contribution in [0.2, 0.25) is 0 Å². The monoisotopic (exact) mass is 277 g/mol. The van der Waals surface area contributed by atoms with E-state index in [-0.39, 0.29) is 10.6 Å². The van der Waals surface area contributed by atoms with Gasteiger partial charge in [-0.05, 0) is 46.2 Å². The number of hydrogen-bond acceptors (Lipinski definition) is 4. The van der Waals surface area contributed by atoms with E-state index in [0.29, 0.717) is 17.6 Å². The largest absolute Gasteiger partial charge is 0.367 e. The minimum Gasteiger partial charge on any atom is -0.367 e. The molecule has 0 saturated carbocycles. The lowest BCUT2D eigenvalue weighted by molar-refractivity contribution is -0.385. The lowest BCUT2D eigenvalue weighted by Crippen LogP contribution is -2.41. The Hall–Kier alpha value is -1.62. The Balaban J connectivity index is 2.24. The molecule has 1 aromatic carbocycles. The Bertz CT molecular complexity index is 482. The first-order chi connectivity index (χ1) is 9.49. The number of benzene rings is 1. The average Bonchev–Trinajstić information content (AvgIpc) is 2.89. The average molecular weight is 277 g/mol. The van der Waals surface area contributed by atoms with Crippen molar-refractivity contribution in [3.05, 3.63) is 33.9 Å². The van der Waals surface area contributed by atoms with Crippen LogP contribution in [0.5, 0.6) is 0 Å². The summed E-state index contributed by atoms with van der Waals surface area (Å²) in [7, 11) is 0. The molecule has 1 aliphatic rings. The minimum absolute atomic E-state index is 0.201. The van der Waals surface area contributed by atoms with E-state index in [9.17, 15) is 10.1 Å². The Morgan fingerprint density at radius 2 is 2.25 bits per heavy atom. The van der Waals surface area contributed by atoms with Gasteiger partial charge in [0, 0.05) is 35.9 Å². The highest BCUT2D eigenvalue weighted by Gasteiger charge is 2.22. The smallest absolute Gasteiger partial charge is 0.274 e. The molecule has 1 saturated heterocycles. The molecule has 0 bridgehead atoms. The summed E-state index contributed by atoms with van der Waals surface area (Å²) in [6.45, 7) is 8.00. The molecule has 1 N–H and O–H groups in total. The Labute approximate surface area is 120 Å². The van der Waals surface area contributed by atoms with Crippen molar-refractivity contribution in [1.29, 1.82) is 0 Å². The van der Waals surface area contributed by atoms with E-state index in [4.69, 9.17) is 0 Å². The van der Waals surface area contributed by atoms with E-state index in [2.05, 4.69) is 24.1 Å². The highest BCUT2D eigenvalue weighted by molar-refractivity contribution is 5.57. The first kappa shape index (κ1) is 14.8. The Morgan fingerprint density at radius 3 is 2.80 bits per heavy atom. The van der Waals surface area contributed by atoms with Gasteiger partial charge in [0.05, 0.1) is 4.92 Å². The van der Waals surface area contributed by atoms with Gasteiger partial charge in [-0.1, -0.05) is 6.07 Å². The van der Waals surface area contributed by atoms with Crippen molar-refractivity contribution in [3.63, 3.8) is 0 Å². The van der Waals surface area contributed by atoms with Crippen LogP contribution >= 0.6 is 0 Å². The molecule has 1 aliphatic heterocycles. The van der Waals surface area contributed by atoms with Gasteiger partial charge in [0.1, 0.15) is 0 Å². The van der Waals surface area contributed by atoms with Crippen LogP contribution in [0.1, 0.15) is 32.3 Å². The first-order valence-electron chi connectivity index (χ1n) is 7.24. The minimum atomic E-state index is -0.300. The van der Waals surface area contributed by atoms with Crippen LogP contribution in [0.25, 0.3) is 0 Å². The molecule has 0 amide bonds. The summed E-state index contributed by atoms with van der Waals surface area (Å²) in [5, 5.41) is 14.6. The maximum absolute atomic E-state index is 11.1. The zero-order chi connectivity index (χ0) is 14.7. The fourth-order valence-electron chi connectivity index (χ4n) is 2.74. The van der Waals surface area contributed by atoms with E-state index < -0.39 is 0 Å². The van der Waals surface area contributed by atoms with E-state index in [0.717, 1.165) is 18.8 Å². The highest BCUT2D eigenvalue weighted by Crippen LogP contribution is 2.27. The molecule has 5 nitrogen and oxygen atoms in total. The number of nitro groups is 1. The first-order valence-corrected chi connectivity index (χ1v) is 7.24. The van der Waals surface area contributed by atoms with Gasteiger partial charge in [-0.15, -0.1) is 0 Å². The van der Waals surface area contributed by atoms with E-state index in [1.807, 2.05) is 12.1 Å². The molecule has 1 heterocycles. The van der Waals surface area contributed by atoms with Crippen LogP contribution < -0.4 is 10.2 Å². The third kappa shape index (κ3) is 3.28. The number of nitrogens with zero attached hydrogens (tertiary/aromatic N) is 2. The van der Waals surface area contributed by atoms with Crippen molar-refractivity contribution in [1.82, 2.24) is 5.32 Å². The summed E-state index contributed by atoms with van der Waals surface area (Å²) >= 11 is 0. The summed E-state index contributed by atoms with van der Waals surface area (Å²) in [6, 6.07) is 6.32. The number of nitrogens with one attached hydrogen (secondary N) is 1. The SMILES string of the molecule is Cc1ccc(N(CC2CCCN2)C(C)C)cc1[N+](=O)[O-]. The second kappa shape index (κ2) is 6.22. The van der Waals surface area contributed by atoms with Gasteiger partial charge in [-0.25, -0.2) is 0 Å². The molecule has 20 heavy (non-hydrogen) atoms. The second-order valence-electron chi connectivity index (χ2n) is 5.77. The zero-order valence-corrected chi connectivity index (χ0v) is 12.4. The van der Waals surface area contributed by atoms with Gasteiger partial charge in [0.15, 0.2) is 0 Å². The van der Waals surface area contributed by atoms with Crippen LogP contribution in [0.15, 0.2) is 18.2 Å². The predicted molar refractivity (Wildman–Crippen MR) is 81.3 cm³/mol. The maximum Gasteiger partial charge on any atom is 0.274 e. The van der Waals surface area contributed by atoms with Crippen molar-refractivity contribution in [3.8, 4) is 0 Å². The van der Waals surface area contributed by atoms with Gasteiger partial charge < -0.3 is 10.2 Å². The molecule has 1 aromatic rings. The molecule has 0 spiro atoms. The predicted octanol–water partition coefficient (Wildman–Crippen LogP) is 2.87. The molecule has 0 radical (unpaired) electrons. The molecule has 1 fully saturated rings. The van der Waals surface area contributed by atoms with E-state index in [1.54, 1.807) is 13.0 Å². The molecule has 1 unspecified atom stereocenters. The topological polar surface area (TPSA) is 58.4 Å². The second-order valence-corrected chi connectivity index (χ2v) is 5.77. The third-order valence-electron chi connectivity index (χ3n) is 3.92. The lowest BCUT2D eigenvalue weighted by atomic mass is 10.1. The van der Waals surface area contributed by atoms with Gasteiger partial charge in [0.25, 0.3) is 5.69 Å². The molecule has 0 aromatic heterocycles. The van der Waals surface area contributed by atoms with Crippen molar-refractivity contribution in [2.75, 3.05) is 18.0 Å². The molecule has 5 heteroatoms. The van der Waals surface area contributed by atoms with E-state index in [1.165, 1.54) is 12.8 Å². The van der Waals surface area contributed by atoms with Crippen molar-refractivity contribution in [2.45, 2.75) is 45.7 Å². The fourth-order valence-corrected chi connectivity index (χ4v) is 2.74.